The van der Waals surface area contributed by atoms with Crippen molar-refractivity contribution in [1.29, 1.82) is 0 Å². The van der Waals surface area contributed by atoms with E-state index in [1.165, 1.54) is 7.11 Å². The van der Waals surface area contributed by atoms with E-state index in [9.17, 15) is 9.59 Å². The predicted octanol–water partition coefficient (Wildman–Crippen LogP) is 4.20. The van der Waals surface area contributed by atoms with Crippen molar-refractivity contribution in [3.8, 4) is 11.5 Å². The summed E-state index contributed by atoms with van der Waals surface area (Å²) >= 11 is 0. The fourth-order valence-electron chi connectivity index (χ4n) is 2.96. The molecule has 3 rings (SSSR count). The minimum absolute atomic E-state index is 0.170. The number of anilines is 1. The van der Waals surface area contributed by atoms with Gasteiger partial charge in [-0.1, -0.05) is 54.6 Å². The first-order valence-corrected chi connectivity index (χ1v) is 9.59. The van der Waals surface area contributed by atoms with Gasteiger partial charge in [-0.05, 0) is 36.8 Å². The fourth-order valence-corrected chi connectivity index (χ4v) is 2.96. The Morgan fingerprint density at radius 3 is 2.23 bits per heavy atom. The van der Waals surface area contributed by atoms with Crippen LogP contribution in [0.1, 0.15) is 28.9 Å². The number of carbonyl (C=O) groups is 2. The lowest BCUT2D eigenvalue weighted by Crippen LogP contribution is -2.28. The zero-order valence-corrected chi connectivity index (χ0v) is 16.9. The van der Waals surface area contributed by atoms with Gasteiger partial charge in [-0.25, -0.2) is 0 Å². The molecule has 0 saturated carbocycles. The van der Waals surface area contributed by atoms with Crippen LogP contribution in [0.3, 0.4) is 0 Å². The quantitative estimate of drug-likeness (QED) is 0.590. The van der Waals surface area contributed by atoms with Crippen LogP contribution in [0.4, 0.5) is 5.69 Å². The van der Waals surface area contributed by atoms with E-state index in [1.807, 2.05) is 43.3 Å². The van der Waals surface area contributed by atoms with Crippen molar-refractivity contribution < 1.29 is 19.1 Å². The van der Waals surface area contributed by atoms with E-state index in [2.05, 4.69) is 10.6 Å². The summed E-state index contributed by atoms with van der Waals surface area (Å²) in [5.74, 6) is 0.364. The van der Waals surface area contributed by atoms with E-state index in [0.717, 1.165) is 5.56 Å². The molecule has 3 aromatic carbocycles. The van der Waals surface area contributed by atoms with Gasteiger partial charge in [0, 0.05) is 0 Å². The Bertz CT molecular complexity index is 1000. The summed E-state index contributed by atoms with van der Waals surface area (Å²) in [7, 11) is 1.54. The van der Waals surface area contributed by atoms with Crippen LogP contribution in [0.5, 0.6) is 11.5 Å². The van der Waals surface area contributed by atoms with E-state index >= 15 is 0 Å². The molecule has 0 aliphatic carbocycles. The molecule has 6 nitrogen and oxygen atoms in total. The van der Waals surface area contributed by atoms with Crippen molar-refractivity contribution in [3.63, 3.8) is 0 Å². The average Bonchev–Trinajstić information content (AvgIpc) is 2.78. The summed E-state index contributed by atoms with van der Waals surface area (Å²) in [6.07, 6.45) is 0. The van der Waals surface area contributed by atoms with Gasteiger partial charge in [-0.15, -0.1) is 0 Å². The van der Waals surface area contributed by atoms with Gasteiger partial charge in [0.05, 0.1) is 24.4 Å². The van der Waals surface area contributed by atoms with Crippen molar-refractivity contribution >= 4 is 17.5 Å². The molecular weight excluding hydrogens is 380 g/mol. The smallest absolute Gasteiger partial charge is 0.262 e. The summed E-state index contributed by atoms with van der Waals surface area (Å²) in [5, 5.41) is 5.71. The molecule has 6 heteroatoms. The molecule has 0 aliphatic rings. The first-order valence-electron chi connectivity index (χ1n) is 9.59. The summed E-state index contributed by atoms with van der Waals surface area (Å²) in [4.78, 5) is 25.2. The van der Waals surface area contributed by atoms with Crippen molar-refractivity contribution in [2.45, 2.75) is 13.0 Å². The van der Waals surface area contributed by atoms with Crippen molar-refractivity contribution in [2.75, 3.05) is 19.0 Å². The SMILES string of the molecule is COc1ccccc1OCC(=O)Nc1ccccc1C(=O)N[C@@H](C)c1ccccc1. The lowest BCUT2D eigenvalue weighted by atomic mass is 10.1. The largest absolute Gasteiger partial charge is 0.493 e. The number of rotatable bonds is 8. The second-order valence-electron chi connectivity index (χ2n) is 6.64. The third-order valence-corrected chi connectivity index (χ3v) is 4.52. The van der Waals surface area contributed by atoms with Gasteiger partial charge < -0.3 is 20.1 Å². The number of methoxy groups -OCH3 is 1. The Labute approximate surface area is 175 Å². The third kappa shape index (κ3) is 5.38. The maximum Gasteiger partial charge on any atom is 0.262 e. The van der Waals surface area contributed by atoms with Crippen LogP contribution in [0.25, 0.3) is 0 Å². The highest BCUT2D eigenvalue weighted by Crippen LogP contribution is 2.25. The molecule has 0 aromatic heterocycles. The van der Waals surface area contributed by atoms with Crippen molar-refractivity contribution in [1.82, 2.24) is 5.32 Å². The number of ether oxygens (including phenoxy) is 2. The lowest BCUT2D eigenvalue weighted by molar-refractivity contribution is -0.118. The molecule has 0 fully saturated rings. The number of para-hydroxylation sites is 3. The highest BCUT2D eigenvalue weighted by Gasteiger charge is 2.16. The number of carbonyl (C=O) groups excluding carboxylic acids is 2. The summed E-state index contributed by atoms with van der Waals surface area (Å²) in [6, 6.07) is 23.5. The van der Waals surface area contributed by atoms with Crippen molar-refractivity contribution in [3.05, 3.63) is 90.0 Å². The van der Waals surface area contributed by atoms with Crippen molar-refractivity contribution in [2.24, 2.45) is 0 Å². The molecule has 0 radical (unpaired) electrons. The van der Waals surface area contributed by atoms with Gasteiger partial charge in [0.15, 0.2) is 18.1 Å². The van der Waals surface area contributed by atoms with Gasteiger partial charge in [0.1, 0.15) is 0 Å². The van der Waals surface area contributed by atoms with E-state index in [-0.39, 0.29) is 24.5 Å². The first kappa shape index (κ1) is 20.9. The Morgan fingerprint density at radius 2 is 1.50 bits per heavy atom. The molecule has 0 aliphatic heterocycles. The molecule has 154 valence electrons. The number of hydrogen-bond acceptors (Lipinski definition) is 4. The first-order chi connectivity index (χ1) is 14.6. The standard InChI is InChI=1S/C24H24N2O4/c1-17(18-10-4-3-5-11-18)25-24(28)19-12-6-7-13-20(19)26-23(27)16-30-22-15-9-8-14-21(22)29-2/h3-15,17H,16H2,1-2H3,(H,25,28)(H,26,27)/t17-/m0/s1. The summed E-state index contributed by atoms with van der Waals surface area (Å²) in [5.41, 5.74) is 1.80. The second kappa shape index (κ2) is 10.1. The minimum atomic E-state index is -0.378. The molecule has 0 saturated heterocycles. The molecule has 2 N–H and O–H groups in total. The van der Waals surface area contributed by atoms with Crippen LogP contribution in [-0.2, 0) is 4.79 Å². The molecule has 30 heavy (non-hydrogen) atoms. The zero-order chi connectivity index (χ0) is 21.3. The lowest BCUT2D eigenvalue weighted by Gasteiger charge is -2.16. The molecule has 0 heterocycles. The average molecular weight is 404 g/mol. The monoisotopic (exact) mass is 404 g/mol. The van der Waals surface area contributed by atoms with Crippen LogP contribution >= 0.6 is 0 Å². The number of amides is 2. The molecule has 0 unspecified atom stereocenters. The maximum absolute atomic E-state index is 12.8. The normalized spacial score (nSPS) is 11.3. The number of benzene rings is 3. The van der Waals surface area contributed by atoms with E-state index in [4.69, 9.17) is 9.47 Å². The van der Waals surface area contributed by atoms with Crippen LogP contribution in [0.15, 0.2) is 78.9 Å². The van der Waals surface area contributed by atoms with Crippen LogP contribution in [0.2, 0.25) is 0 Å². The van der Waals surface area contributed by atoms with Gasteiger partial charge in [0.25, 0.3) is 11.8 Å². The molecule has 0 bridgehead atoms. The van der Waals surface area contributed by atoms with E-state index in [1.54, 1.807) is 42.5 Å². The summed E-state index contributed by atoms with van der Waals surface area (Å²) in [6.45, 7) is 1.70. The van der Waals surface area contributed by atoms with Crippen LogP contribution in [-0.4, -0.2) is 25.5 Å². The van der Waals surface area contributed by atoms with Gasteiger partial charge in [0.2, 0.25) is 0 Å². The number of nitrogens with one attached hydrogen (secondary N) is 2. The highest BCUT2D eigenvalue weighted by molar-refractivity contribution is 6.04. The third-order valence-electron chi connectivity index (χ3n) is 4.52. The maximum atomic E-state index is 12.8. The van der Waals surface area contributed by atoms with E-state index in [0.29, 0.717) is 22.7 Å². The summed E-state index contributed by atoms with van der Waals surface area (Å²) < 4.78 is 10.8. The molecule has 2 amide bonds. The zero-order valence-electron chi connectivity index (χ0n) is 16.9. The fraction of sp³-hybridized carbons (Fsp3) is 0.167. The highest BCUT2D eigenvalue weighted by atomic mass is 16.5. The Kier molecular flexibility index (Phi) is 7.05. The minimum Gasteiger partial charge on any atom is -0.493 e. The molecule has 1 atom stereocenters. The van der Waals surface area contributed by atoms with Gasteiger partial charge >= 0.3 is 0 Å². The molecule has 3 aromatic rings. The predicted molar refractivity (Wildman–Crippen MR) is 116 cm³/mol. The number of hydrogen-bond donors (Lipinski definition) is 2. The molecular formula is C24H24N2O4. The second-order valence-corrected chi connectivity index (χ2v) is 6.64. The van der Waals surface area contributed by atoms with Crippen LogP contribution < -0.4 is 20.1 Å². The van der Waals surface area contributed by atoms with Gasteiger partial charge in [-0.3, -0.25) is 9.59 Å². The Hall–Kier alpha value is -3.80. The molecule has 0 spiro atoms. The van der Waals surface area contributed by atoms with Gasteiger partial charge in [-0.2, -0.15) is 0 Å². The Morgan fingerprint density at radius 1 is 0.867 bits per heavy atom. The van der Waals surface area contributed by atoms with Crippen LogP contribution in [0, 0.1) is 0 Å². The Balaban J connectivity index is 1.64. The van der Waals surface area contributed by atoms with E-state index < -0.39 is 0 Å². The topological polar surface area (TPSA) is 76.7 Å².